The van der Waals surface area contributed by atoms with Gasteiger partial charge >= 0.3 is 11.8 Å². The number of rotatable bonds is 5. The van der Waals surface area contributed by atoms with Crippen molar-refractivity contribution in [1.82, 2.24) is 5.43 Å². The number of hydrogen-bond donors (Lipinski definition) is 4. The number of amides is 2. The van der Waals surface area contributed by atoms with Gasteiger partial charge < -0.3 is 20.3 Å². The maximum atomic E-state index is 11.9. The van der Waals surface area contributed by atoms with E-state index in [0.717, 1.165) is 6.07 Å². The molecule has 0 aromatic heterocycles. The summed E-state index contributed by atoms with van der Waals surface area (Å²) in [6.07, 6.45) is 0. The highest BCUT2D eigenvalue weighted by Crippen LogP contribution is 2.23. The van der Waals surface area contributed by atoms with Crippen molar-refractivity contribution in [1.29, 1.82) is 0 Å². The van der Waals surface area contributed by atoms with Crippen LogP contribution in [-0.4, -0.2) is 34.3 Å². The predicted octanol–water partition coefficient (Wildman–Crippen LogP) is 1.98. The molecule has 0 radical (unpaired) electrons. The molecule has 0 heterocycles. The van der Waals surface area contributed by atoms with Crippen molar-refractivity contribution in [2.75, 3.05) is 11.9 Å². The zero-order valence-electron chi connectivity index (χ0n) is 14.3. The van der Waals surface area contributed by atoms with Crippen LogP contribution in [0.15, 0.2) is 47.6 Å². The SMILES string of the molecule is CCOc1ccc(NC(=O)C(=O)NN=C(C)c2ccc(O)cc2O)cc1. The first-order valence-corrected chi connectivity index (χ1v) is 7.81. The van der Waals surface area contributed by atoms with Gasteiger partial charge in [-0.3, -0.25) is 9.59 Å². The zero-order valence-corrected chi connectivity index (χ0v) is 14.3. The molecule has 2 amide bonds. The van der Waals surface area contributed by atoms with Gasteiger partial charge in [-0.1, -0.05) is 0 Å². The number of carbonyl (C=O) groups is 2. The van der Waals surface area contributed by atoms with Crippen LogP contribution in [0.2, 0.25) is 0 Å². The summed E-state index contributed by atoms with van der Waals surface area (Å²) in [6.45, 7) is 3.93. The van der Waals surface area contributed by atoms with E-state index in [1.165, 1.54) is 19.1 Å². The number of nitrogens with one attached hydrogen (secondary N) is 2. The van der Waals surface area contributed by atoms with Crippen molar-refractivity contribution in [2.24, 2.45) is 5.10 Å². The van der Waals surface area contributed by atoms with Crippen LogP contribution in [-0.2, 0) is 9.59 Å². The predicted molar refractivity (Wildman–Crippen MR) is 96.4 cm³/mol. The van der Waals surface area contributed by atoms with Crippen LogP contribution < -0.4 is 15.5 Å². The van der Waals surface area contributed by atoms with Crippen LogP contribution in [0.3, 0.4) is 0 Å². The standard InChI is InChI=1S/C18H19N3O5/c1-3-26-14-7-4-12(5-8-14)19-17(24)18(25)21-20-11(2)15-9-6-13(22)10-16(15)23/h4-10,22-23H,3H2,1-2H3,(H,19,24)(H,21,25). The molecule has 0 spiro atoms. The van der Waals surface area contributed by atoms with E-state index in [4.69, 9.17) is 4.74 Å². The number of nitrogens with zero attached hydrogens (tertiary/aromatic N) is 1. The van der Waals surface area contributed by atoms with E-state index in [1.807, 2.05) is 6.92 Å². The molecule has 0 bridgehead atoms. The molecule has 0 saturated heterocycles. The van der Waals surface area contributed by atoms with E-state index in [1.54, 1.807) is 24.3 Å². The highest BCUT2D eigenvalue weighted by molar-refractivity contribution is 6.39. The lowest BCUT2D eigenvalue weighted by molar-refractivity contribution is -0.136. The first kappa shape index (κ1) is 18.8. The number of phenolic OH excluding ortho intramolecular Hbond substituents is 2. The molecule has 0 aliphatic heterocycles. The summed E-state index contributed by atoms with van der Waals surface area (Å²) < 4.78 is 5.29. The number of aromatic hydroxyl groups is 2. The molecule has 136 valence electrons. The maximum Gasteiger partial charge on any atom is 0.329 e. The lowest BCUT2D eigenvalue weighted by Gasteiger charge is -2.07. The van der Waals surface area contributed by atoms with Crippen LogP contribution >= 0.6 is 0 Å². The van der Waals surface area contributed by atoms with Crippen molar-refractivity contribution < 1.29 is 24.5 Å². The molecule has 8 nitrogen and oxygen atoms in total. The van der Waals surface area contributed by atoms with Crippen molar-refractivity contribution in [3.8, 4) is 17.2 Å². The zero-order chi connectivity index (χ0) is 19.1. The van der Waals surface area contributed by atoms with Crippen LogP contribution in [0.5, 0.6) is 17.2 Å². The second-order valence-corrected chi connectivity index (χ2v) is 5.25. The van der Waals surface area contributed by atoms with Gasteiger partial charge in [0.25, 0.3) is 0 Å². The Hall–Kier alpha value is -3.55. The fraction of sp³-hybridized carbons (Fsp3) is 0.167. The molecule has 0 fully saturated rings. The monoisotopic (exact) mass is 357 g/mol. The number of carbonyl (C=O) groups excluding carboxylic acids is 2. The van der Waals surface area contributed by atoms with E-state index >= 15 is 0 Å². The summed E-state index contributed by atoms with van der Waals surface area (Å²) in [5, 5.41) is 25.2. The number of anilines is 1. The molecule has 0 aliphatic carbocycles. The third-order valence-corrected chi connectivity index (χ3v) is 3.33. The molecule has 0 unspecified atom stereocenters. The number of hydrogen-bond acceptors (Lipinski definition) is 6. The normalized spacial score (nSPS) is 10.9. The Morgan fingerprint density at radius 2 is 1.77 bits per heavy atom. The van der Waals surface area contributed by atoms with E-state index in [2.05, 4.69) is 15.8 Å². The lowest BCUT2D eigenvalue weighted by atomic mass is 10.1. The Kier molecular flexibility index (Phi) is 6.15. The Labute approximate surface area is 150 Å². The largest absolute Gasteiger partial charge is 0.508 e. The highest BCUT2D eigenvalue weighted by Gasteiger charge is 2.14. The van der Waals surface area contributed by atoms with Gasteiger partial charge in [-0.2, -0.15) is 5.10 Å². The van der Waals surface area contributed by atoms with Gasteiger partial charge in [0.1, 0.15) is 17.2 Å². The molecular formula is C18H19N3O5. The third-order valence-electron chi connectivity index (χ3n) is 3.33. The molecule has 0 atom stereocenters. The fourth-order valence-corrected chi connectivity index (χ4v) is 2.06. The van der Waals surface area contributed by atoms with E-state index in [9.17, 15) is 19.8 Å². The van der Waals surface area contributed by atoms with Gasteiger partial charge in [0, 0.05) is 17.3 Å². The molecule has 26 heavy (non-hydrogen) atoms. The van der Waals surface area contributed by atoms with Gasteiger partial charge in [-0.25, -0.2) is 5.43 Å². The molecule has 0 saturated carbocycles. The fourth-order valence-electron chi connectivity index (χ4n) is 2.06. The topological polar surface area (TPSA) is 120 Å². The molecule has 2 rings (SSSR count). The van der Waals surface area contributed by atoms with E-state index in [-0.39, 0.29) is 17.2 Å². The minimum atomic E-state index is -0.962. The molecule has 0 aliphatic rings. The van der Waals surface area contributed by atoms with Crippen molar-refractivity contribution in [3.63, 3.8) is 0 Å². The second kappa shape index (κ2) is 8.52. The number of hydrazone groups is 1. The van der Waals surface area contributed by atoms with Gasteiger partial charge in [0.2, 0.25) is 0 Å². The average molecular weight is 357 g/mol. The highest BCUT2D eigenvalue weighted by atomic mass is 16.5. The Bertz CT molecular complexity index is 831. The number of phenols is 2. The summed E-state index contributed by atoms with van der Waals surface area (Å²) in [5.41, 5.74) is 3.13. The minimum Gasteiger partial charge on any atom is -0.508 e. The number of ether oxygens (including phenoxy) is 1. The summed E-state index contributed by atoms with van der Waals surface area (Å²) in [5.74, 6) is -1.49. The average Bonchev–Trinajstić information content (AvgIpc) is 2.61. The van der Waals surface area contributed by atoms with Crippen molar-refractivity contribution >= 4 is 23.2 Å². The Morgan fingerprint density at radius 1 is 1.08 bits per heavy atom. The summed E-state index contributed by atoms with van der Waals surface area (Å²) in [6, 6.07) is 10.5. The molecule has 4 N–H and O–H groups in total. The molecule has 2 aromatic carbocycles. The smallest absolute Gasteiger partial charge is 0.329 e. The van der Waals surface area contributed by atoms with Crippen LogP contribution in [0.1, 0.15) is 19.4 Å². The summed E-state index contributed by atoms with van der Waals surface area (Å²) in [7, 11) is 0. The quantitative estimate of drug-likeness (QED) is 0.370. The van der Waals surface area contributed by atoms with Gasteiger partial charge in [0.05, 0.1) is 12.3 Å². The summed E-state index contributed by atoms with van der Waals surface area (Å²) in [4.78, 5) is 23.7. The van der Waals surface area contributed by atoms with Crippen molar-refractivity contribution in [3.05, 3.63) is 48.0 Å². The van der Waals surface area contributed by atoms with Gasteiger partial charge in [-0.05, 0) is 50.2 Å². The second-order valence-electron chi connectivity index (χ2n) is 5.25. The molecule has 8 heteroatoms. The Balaban J connectivity index is 1.96. The minimum absolute atomic E-state index is 0.0992. The first-order valence-electron chi connectivity index (χ1n) is 7.81. The van der Waals surface area contributed by atoms with Gasteiger partial charge in [0.15, 0.2) is 0 Å². The lowest BCUT2D eigenvalue weighted by Crippen LogP contribution is -2.32. The third kappa shape index (κ3) is 4.97. The van der Waals surface area contributed by atoms with Gasteiger partial charge in [-0.15, -0.1) is 0 Å². The van der Waals surface area contributed by atoms with Crippen LogP contribution in [0.25, 0.3) is 0 Å². The maximum absolute atomic E-state index is 11.9. The number of benzene rings is 2. The first-order chi connectivity index (χ1) is 12.4. The molecule has 2 aromatic rings. The van der Waals surface area contributed by atoms with E-state index in [0.29, 0.717) is 23.6 Å². The summed E-state index contributed by atoms with van der Waals surface area (Å²) >= 11 is 0. The molecular weight excluding hydrogens is 338 g/mol. The van der Waals surface area contributed by atoms with Crippen molar-refractivity contribution in [2.45, 2.75) is 13.8 Å². The van der Waals surface area contributed by atoms with Crippen LogP contribution in [0, 0.1) is 0 Å². The Morgan fingerprint density at radius 3 is 2.38 bits per heavy atom. The van der Waals surface area contributed by atoms with Crippen LogP contribution in [0.4, 0.5) is 5.69 Å². The van der Waals surface area contributed by atoms with E-state index < -0.39 is 11.8 Å².